The predicted molar refractivity (Wildman–Crippen MR) is 238 cm³/mol. The monoisotopic (exact) mass is 920 g/mol. The Morgan fingerprint density at radius 3 is 0.600 bits per heavy atom. The van der Waals surface area contributed by atoms with Crippen LogP contribution in [0.1, 0.15) is 34.6 Å². The van der Waals surface area contributed by atoms with Crippen molar-refractivity contribution < 1.29 is 68.2 Å². The normalized spacial score (nSPS) is 26.2. The van der Waals surface area contributed by atoms with Gasteiger partial charge in [0.15, 0.2) is 0 Å². The summed E-state index contributed by atoms with van der Waals surface area (Å²) in [5.41, 5.74) is 9.51. The van der Waals surface area contributed by atoms with E-state index in [-0.39, 0.29) is 60.9 Å². The maximum absolute atomic E-state index is 12.2. The Morgan fingerprint density at radius 2 is 0.483 bits per heavy atom. The molecule has 20 heteroatoms. The molecule has 0 aromatic heterocycles. The molecular formula is C40H60O15Si5. The molecule has 0 N–H and O–H groups in total. The fourth-order valence-electron chi connectivity index (χ4n) is 5.00. The molecular weight excluding hydrogens is 861 g/mol. The van der Waals surface area contributed by atoms with E-state index in [4.69, 9.17) is 44.3 Å². The maximum Gasteiger partial charge on any atom is 0.344 e. The highest BCUT2D eigenvalue weighted by atomic mass is 28.5. The number of hydrogen-bond acceptors (Lipinski definition) is 15. The Hall–Kier alpha value is -4.37. The molecule has 0 spiro atoms. The number of carbonyl (C=O) groups is 5. The van der Waals surface area contributed by atoms with Crippen molar-refractivity contribution in [1.82, 2.24) is 0 Å². The van der Waals surface area contributed by atoms with Gasteiger partial charge in [0.1, 0.15) is 33.0 Å². The lowest BCUT2D eigenvalue weighted by Crippen LogP contribution is -2.66. The Kier molecular flexibility index (Phi) is 21.6. The van der Waals surface area contributed by atoms with Gasteiger partial charge in [-0.15, -0.1) is 0 Å². The quantitative estimate of drug-likeness (QED) is 0.0558. The van der Waals surface area contributed by atoms with Crippen molar-refractivity contribution in [3.63, 3.8) is 0 Å². The zero-order valence-electron chi connectivity index (χ0n) is 36.5. The van der Waals surface area contributed by atoms with Crippen molar-refractivity contribution in [2.75, 3.05) is 33.0 Å². The maximum atomic E-state index is 12.2. The van der Waals surface area contributed by atoms with Crippen LogP contribution in [-0.4, -0.2) is 106 Å². The standard InChI is InChI=1S/C40H60O15Si5/c1-31(2)36(41)46-21-16-26-56(11)51-57(12,27-17-22-47-37(42)32(3)4)53-59(14,29-19-24-49-39(44)34(7)8)55-60(15,30-20-25-50-40(45)35(9)10)54-58(13,52-56)28-18-23-48-38(43)33(5)6/h16-20,26-30H,1,3,5,7,9,21-25H2,2,4,6,8,10-15H3/b26-16-,27-17+,28-18+,29-19-,30-20+. The van der Waals surface area contributed by atoms with Gasteiger partial charge in [0.2, 0.25) is 0 Å². The first kappa shape index (κ1) is 53.7. The molecule has 0 aromatic rings. The molecule has 1 aliphatic rings. The van der Waals surface area contributed by atoms with Gasteiger partial charge in [0, 0.05) is 27.9 Å². The zero-order valence-corrected chi connectivity index (χ0v) is 41.5. The summed E-state index contributed by atoms with van der Waals surface area (Å²) in [6.07, 6.45) is 7.96. The molecule has 60 heavy (non-hydrogen) atoms. The third kappa shape index (κ3) is 20.3. The van der Waals surface area contributed by atoms with Crippen LogP contribution in [0, 0.1) is 0 Å². The summed E-state index contributed by atoms with van der Waals surface area (Å²) in [4.78, 5) is 61.1. The third-order valence-corrected chi connectivity index (χ3v) is 27.8. The number of rotatable bonds is 20. The fraction of sp³-hybridized carbons (Fsp3) is 0.375. The van der Waals surface area contributed by atoms with Crippen molar-refractivity contribution >= 4 is 72.7 Å². The molecule has 1 rings (SSSR count). The first-order valence-corrected chi connectivity index (χ1v) is 30.7. The van der Waals surface area contributed by atoms with Crippen LogP contribution in [0.15, 0.2) is 120 Å². The Morgan fingerprint density at radius 1 is 0.350 bits per heavy atom. The van der Waals surface area contributed by atoms with E-state index in [9.17, 15) is 24.0 Å². The molecule has 0 aromatic carbocycles. The van der Waals surface area contributed by atoms with Crippen LogP contribution >= 0.6 is 0 Å². The summed E-state index contributed by atoms with van der Waals surface area (Å²) in [6, 6.07) is 0. The highest BCUT2D eigenvalue weighted by Gasteiger charge is 2.55. The van der Waals surface area contributed by atoms with Gasteiger partial charge in [-0.1, -0.05) is 63.3 Å². The molecule has 1 heterocycles. The summed E-state index contributed by atoms with van der Waals surface area (Å²) in [6.45, 7) is 33.8. The van der Waals surface area contributed by atoms with Crippen LogP contribution < -0.4 is 0 Å². The highest BCUT2D eigenvalue weighted by molar-refractivity contribution is 6.98. The van der Waals surface area contributed by atoms with Gasteiger partial charge < -0.3 is 44.3 Å². The lowest BCUT2D eigenvalue weighted by Gasteiger charge is -2.47. The van der Waals surface area contributed by atoms with E-state index in [1.807, 2.05) is 0 Å². The topological polar surface area (TPSA) is 178 Å². The van der Waals surface area contributed by atoms with E-state index in [0.29, 0.717) is 0 Å². The lowest BCUT2D eigenvalue weighted by atomic mass is 10.4. The van der Waals surface area contributed by atoms with Gasteiger partial charge in [-0.3, -0.25) is 0 Å². The van der Waals surface area contributed by atoms with Crippen LogP contribution in [0.5, 0.6) is 0 Å². The average Bonchev–Trinajstić information content (AvgIpc) is 3.12. The minimum atomic E-state index is -3.68. The zero-order chi connectivity index (χ0) is 46.0. The molecule has 1 fully saturated rings. The van der Waals surface area contributed by atoms with Gasteiger partial charge in [-0.2, -0.15) is 0 Å². The second kappa shape index (κ2) is 24.2. The van der Waals surface area contributed by atoms with Crippen molar-refractivity contribution in [3.05, 3.63) is 120 Å². The molecule has 0 radical (unpaired) electrons. The summed E-state index contributed by atoms with van der Waals surface area (Å²) >= 11 is 0. The van der Waals surface area contributed by atoms with E-state index in [1.165, 1.54) is 34.6 Å². The molecule has 1 aliphatic heterocycles. The molecule has 0 bridgehead atoms. The summed E-state index contributed by atoms with van der Waals surface area (Å²) in [5.74, 6) is -2.96. The van der Waals surface area contributed by atoms with E-state index >= 15 is 0 Å². The smallest absolute Gasteiger partial charge is 0.344 e. The average molecular weight is 921 g/mol. The molecule has 15 nitrogen and oxygen atoms in total. The predicted octanol–water partition coefficient (Wildman–Crippen LogP) is 6.52. The Labute approximate surface area is 359 Å². The van der Waals surface area contributed by atoms with E-state index in [1.54, 1.807) is 91.6 Å². The number of hydrogen-bond donors (Lipinski definition) is 0. The highest BCUT2D eigenvalue weighted by Crippen LogP contribution is 2.34. The van der Waals surface area contributed by atoms with Gasteiger partial charge in [0.05, 0.1) is 0 Å². The lowest BCUT2D eigenvalue weighted by molar-refractivity contribution is -0.138. The summed E-state index contributed by atoms with van der Waals surface area (Å²) in [7, 11) is -18.4. The molecule has 330 valence electrons. The van der Waals surface area contributed by atoms with Crippen molar-refractivity contribution in [1.29, 1.82) is 0 Å². The third-order valence-electron chi connectivity index (χ3n) is 7.43. The molecule has 1 saturated heterocycles. The van der Waals surface area contributed by atoms with Crippen molar-refractivity contribution in [2.24, 2.45) is 0 Å². The van der Waals surface area contributed by atoms with E-state index < -0.39 is 72.7 Å². The number of carbonyl (C=O) groups excluding carboxylic acids is 5. The van der Waals surface area contributed by atoms with Crippen molar-refractivity contribution in [2.45, 2.75) is 67.4 Å². The minimum absolute atomic E-state index is 0.141. The SMILES string of the molecule is C=C(C)C(=O)OC/C=C\[Si]1(C)O[Si](C)(/C=C/COC(=O)C(=C)C)O[Si](C)(/C=C\COC(=O)C(=C)C)O[Si](C)(/C=C/COC(=O)C(=C)C)O[Si](C)(/C=C/COC(=O)C(=C)C)O1. The van der Waals surface area contributed by atoms with Gasteiger partial charge in [0.25, 0.3) is 0 Å². The Balaban J connectivity index is 4.14. The van der Waals surface area contributed by atoms with E-state index in [2.05, 4.69) is 32.9 Å². The van der Waals surface area contributed by atoms with E-state index in [0.717, 1.165) is 0 Å². The largest absolute Gasteiger partial charge is 0.458 e. The molecule has 0 saturated carbocycles. The van der Waals surface area contributed by atoms with Crippen LogP contribution in [-0.2, 0) is 68.2 Å². The van der Waals surface area contributed by atoms with Gasteiger partial charge >= 0.3 is 72.7 Å². The second-order valence-corrected chi connectivity index (χ2v) is 30.4. The number of esters is 5. The molecule has 4 unspecified atom stereocenters. The second-order valence-electron chi connectivity index (χ2n) is 14.5. The number of ether oxygens (including phenoxy) is 5. The van der Waals surface area contributed by atoms with Crippen LogP contribution in [0.3, 0.4) is 0 Å². The fourth-order valence-corrected chi connectivity index (χ4v) is 29.1. The Bertz CT molecular complexity index is 1520. The molecule has 0 amide bonds. The van der Waals surface area contributed by atoms with Gasteiger partial charge in [-0.05, 0) is 95.9 Å². The van der Waals surface area contributed by atoms with Gasteiger partial charge in [-0.25, -0.2) is 24.0 Å². The van der Waals surface area contributed by atoms with Crippen LogP contribution in [0.25, 0.3) is 0 Å². The molecule has 0 aliphatic carbocycles. The summed E-state index contributed by atoms with van der Waals surface area (Å²) in [5, 5.41) is 0. The first-order valence-electron chi connectivity index (χ1n) is 18.7. The molecule has 4 atom stereocenters. The summed E-state index contributed by atoms with van der Waals surface area (Å²) < 4.78 is 61.6. The minimum Gasteiger partial charge on any atom is -0.458 e. The first-order chi connectivity index (χ1) is 27.7. The van der Waals surface area contributed by atoms with Crippen molar-refractivity contribution in [3.8, 4) is 0 Å². The van der Waals surface area contributed by atoms with Crippen LogP contribution in [0.4, 0.5) is 0 Å². The van der Waals surface area contributed by atoms with Crippen LogP contribution in [0.2, 0.25) is 32.7 Å².